The highest BCUT2D eigenvalue weighted by molar-refractivity contribution is 5.72. The van der Waals surface area contributed by atoms with Crippen LogP contribution in [0.2, 0.25) is 0 Å². The fraction of sp³-hybridized carbons (Fsp3) is 0.406. The van der Waals surface area contributed by atoms with Gasteiger partial charge in [0.05, 0.1) is 6.42 Å². The van der Waals surface area contributed by atoms with E-state index >= 15 is 0 Å². The Morgan fingerprint density at radius 2 is 1.73 bits per heavy atom. The third kappa shape index (κ3) is 8.43. The van der Waals surface area contributed by atoms with Gasteiger partial charge in [0.15, 0.2) is 0 Å². The average molecular weight is 503 g/mol. The molecule has 0 aliphatic carbocycles. The van der Waals surface area contributed by atoms with Crippen molar-refractivity contribution >= 4 is 11.7 Å². The molecule has 0 saturated carbocycles. The second-order valence-electron chi connectivity index (χ2n) is 10.5. The maximum atomic E-state index is 13.2. The van der Waals surface area contributed by atoms with Crippen molar-refractivity contribution < 1.29 is 13.9 Å². The van der Waals surface area contributed by atoms with Crippen LogP contribution >= 0.6 is 0 Å². The summed E-state index contributed by atoms with van der Waals surface area (Å²) in [5, 5.41) is 3.55. The highest BCUT2D eigenvalue weighted by atomic mass is 19.1. The van der Waals surface area contributed by atoms with Crippen molar-refractivity contribution in [1.29, 1.82) is 0 Å². The zero-order valence-corrected chi connectivity index (χ0v) is 22.0. The Kier molecular flexibility index (Phi) is 9.72. The topological polar surface area (TPSA) is 41.6 Å². The number of halogens is 1. The lowest BCUT2D eigenvalue weighted by molar-refractivity contribution is -0.149. The molecule has 5 heteroatoms. The number of benzene rings is 3. The van der Waals surface area contributed by atoms with Crippen LogP contribution in [0.4, 0.5) is 10.1 Å². The van der Waals surface area contributed by atoms with Gasteiger partial charge < -0.3 is 15.0 Å². The average Bonchev–Trinajstić information content (AvgIpc) is 2.92. The van der Waals surface area contributed by atoms with Gasteiger partial charge in [0, 0.05) is 25.2 Å². The molecule has 37 heavy (non-hydrogen) atoms. The van der Waals surface area contributed by atoms with Crippen molar-refractivity contribution in [3.05, 3.63) is 101 Å². The van der Waals surface area contributed by atoms with Gasteiger partial charge >= 0.3 is 5.97 Å². The van der Waals surface area contributed by atoms with Crippen LogP contribution in [0.5, 0.6) is 0 Å². The number of carbonyl (C=O) groups is 1. The summed E-state index contributed by atoms with van der Waals surface area (Å²) < 4.78 is 19.1. The van der Waals surface area contributed by atoms with Crippen LogP contribution in [0.1, 0.15) is 61.8 Å². The first-order valence-electron chi connectivity index (χ1n) is 13.5. The van der Waals surface area contributed by atoms with Gasteiger partial charge in [-0.05, 0) is 78.7 Å². The van der Waals surface area contributed by atoms with E-state index in [9.17, 15) is 9.18 Å². The predicted octanol–water partition coefficient (Wildman–Crippen LogP) is 6.99. The lowest BCUT2D eigenvalue weighted by Gasteiger charge is -2.33. The van der Waals surface area contributed by atoms with Crippen LogP contribution in [0.25, 0.3) is 0 Å². The van der Waals surface area contributed by atoms with E-state index in [1.807, 2.05) is 30.3 Å². The van der Waals surface area contributed by atoms with Crippen molar-refractivity contribution in [2.24, 2.45) is 5.92 Å². The smallest absolute Gasteiger partial charge is 0.310 e. The van der Waals surface area contributed by atoms with Gasteiger partial charge in [-0.3, -0.25) is 4.79 Å². The number of carbonyl (C=O) groups excluding carboxylic acids is 1. The Labute approximate surface area is 220 Å². The summed E-state index contributed by atoms with van der Waals surface area (Å²) in [6.45, 7) is 8.40. The fourth-order valence-electron chi connectivity index (χ4n) is 4.94. The van der Waals surface area contributed by atoms with Crippen molar-refractivity contribution in [3.63, 3.8) is 0 Å². The number of rotatable bonds is 11. The van der Waals surface area contributed by atoms with Gasteiger partial charge in [0.25, 0.3) is 0 Å². The summed E-state index contributed by atoms with van der Waals surface area (Å²) in [7, 11) is 0. The molecular formula is C32H39FN2O2. The number of hydrogen-bond donors (Lipinski definition) is 1. The van der Waals surface area contributed by atoms with Gasteiger partial charge in [-0.25, -0.2) is 4.39 Å². The lowest BCUT2D eigenvalue weighted by Crippen LogP contribution is -2.34. The Bertz CT molecular complexity index is 1110. The normalized spacial score (nSPS) is 15.5. The minimum atomic E-state index is -0.307. The number of esters is 1. The van der Waals surface area contributed by atoms with Gasteiger partial charge in [0.2, 0.25) is 0 Å². The summed E-state index contributed by atoms with van der Waals surface area (Å²) >= 11 is 0. The van der Waals surface area contributed by atoms with E-state index in [0.717, 1.165) is 56.6 Å². The number of likely N-dealkylation sites (tertiary alicyclic amines) is 1. The number of hydrogen-bond acceptors (Lipinski definition) is 4. The lowest BCUT2D eigenvalue weighted by atomic mass is 9.89. The zero-order chi connectivity index (χ0) is 26.0. The van der Waals surface area contributed by atoms with Gasteiger partial charge in [-0.15, -0.1) is 0 Å². The van der Waals surface area contributed by atoms with Gasteiger partial charge in [0.1, 0.15) is 11.9 Å². The van der Waals surface area contributed by atoms with E-state index in [0.29, 0.717) is 11.8 Å². The summed E-state index contributed by atoms with van der Waals surface area (Å²) in [5.74, 6) is 0.605. The summed E-state index contributed by atoms with van der Waals surface area (Å²) in [6.07, 6.45) is 2.86. The molecule has 0 bridgehead atoms. The first-order chi connectivity index (χ1) is 18.0. The quantitative estimate of drug-likeness (QED) is 0.287. The van der Waals surface area contributed by atoms with Gasteiger partial charge in [-0.2, -0.15) is 0 Å². The van der Waals surface area contributed by atoms with Crippen LogP contribution in [-0.4, -0.2) is 37.0 Å². The number of piperidine rings is 1. The Balaban J connectivity index is 1.30. The maximum absolute atomic E-state index is 13.2. The van der Waals surface area contributed by atoms with E-state index in [1.54, 1.807) is 12.1 Å². The largest absolute Gasteiger partial charge is 0.457 e. The van der Waals surface area contributed by atoms with Crippen LogP contribution < -0.4 is 5.32 Å². The zero-order valence-electron chi connectivity index (χ0n) is 22.0. The highest BCUT2D eigenvalue weighted by Gasteiger charge is 2.23. The summed E-state index contributed by atoms with van der Waals surface area (Å²) in [5.41, 5.74) is 4.39. The molecule has 3 aromatic rings. The van der Waals surface area contributed by atoms with E-state index < -0.39 is 0 Å². The second kappa shape index (κ2) is 13.4. The molecule has 1 fully saturated rings. The van der Waals surface area contributed by atoms with Gasteiger partial charge in [-0.1, -0.05) is 68.4 Å². The Morgan fingerprint density at radius 3 is 2.43 bits per heavy atom. The molecule has 4 nitrogen and oxygen atoms in total. The molecule has 0 radical (unpaired) electrons. The molecular weight excluding hydrogens is 463 g/mol. The predicted molar refractivity (Wildman–Crippen MR) is 148 cm³/mol. The van der Waals surface area contributed by atoms with Crippen LogP contribution in [-0.2, 0) is 16.0 Å². The van der Waals surface area contributed by atoms with Crippen molar-refractivity contribution in [2.75, 3.05) is 31.5 Å². The molecule has 0 aromatic heterocycles. The van der Waals surface area contributed by atoms with Crippen molar-refractivity contribution in [3.8, 4) is 0 Å². The summed E-state index contributed by atoms with van der Waals surface area (Å²) in [6, 6.07) is 24.9. The number of nitrogens with zero attached hydrogens (tertiary/aromatic N) is 1. The van der Waals surface area contributed by atoms with E-state index in [2.05, 4.69) is 48.3 Å². The van der Waals surface area contributed by atoms with Crippen LogP contribution in [0.15, 0.2) is 78.9 Å². The molecule has 1 aliphatic heterocycles. The minimum Gasteiger partial charge on any atom is -0.457 e. The number of anilines is 1. The van der Waals surface area contributed by atoms with Crippen LogP contribution in [0, 0.1) is 11.7 Å². The standard InChI is InChI=1S/C32H39FN2O2/c1-24(2)23-34-30-10-6-9-28(22-30)26-15-18-35(19-16-26)20-17-31(27-7-4-3-5-8-27)37-32(36)21-25-11-13-29(33)14-12-25/h3-14,22,24,26,31,34H,15-21,23H2,1-2H3/t31-/m0/s1. The van der Waals surface area contributed by atoms with E-state index in [-0.39, 0.29) is 24.3 Å². The molecule has 1 heterocycles. The first kappa shape index (κ1) is 26.9. The molecule has 0 amide bonds. The van der Waals surface area contributed by atoms with Crippen molar-refractivity contribution in [2.45, 2.75) is 51.6 Å². The van der Waals surface area contributed by atoms with E-state index in [1.165, 1.54) is 23.4 Å². The van der Waals surface area contributed by atoms with Crippen LogP contribution in [0.3, 0.4) is 0 Å². The third-order valence-electron chi connectivity index (χ3n) is 7.07. The fourth-order valence-corrected chi connectivity index (χ4v) is 4.94. The first-order valence-corrected chi connectivity index (χ1v) is 13.5. The molecule has 1 atom stereocenters. The molecule has 1 aliphatic rings. The van der Waals surface area contributed by atoms with E-state index in [4.69, 9.17) is 4.74 Å². The SMILES string of the molecule is CC(C)CNc1cccc(C2CCN(CC[C@H](OC(=O)Cc3ccc(F)cc3)c3ccccc3)CC2)c1. The Hall–Kier alpha value is -3.18. The molecule has 4 rings (SSSR count). The molecule has 196 valence electrons. The Morgan fingerprint density at radius 1 is 1.00 bits per heavy atom. The summed E-state index contributed by atoms with van der Waals surface area (Å²) in [4.78, 5) is 15.2. The number of ether oxygens (including phenoxy) is 1. The number of nitrogens with one attached hydrogen (secondary N) is 1. The second-order valence-corrected chi connectivity index (χ2v) is 10.5. The monoisotopic (exact) mass is 502 g/mol. The van der Waals surface area contributed by atoms with Crippen molar-refractivity contribution in [1.82, 2.24) is 4.90 Å². The maximum Gasteiger partial charge on any atom is 0.310 e. The highest BCUT2D eigenvalue weighted by Crippen LogP contribution is 2.31. The molecule has 3 aromatic carbocycles. The molecule has 0 spiro atoms. The molecule has 1 N–H and O–H groups in total. The molecule has 1 saturated heterocycles. The molecule has 0 unspecified atom stereocenters. The minimum absolute atomic E-state index is 0.139. The third-order valence-corrected chi connectivity index (χ3v) is 7.07.